The van der Waals surface area contributed by atoms with E-state index >= 15 is 0 Å². The second-order valence-corrected chi connectivity index (χ2v) is 5.67. The van der Waals surface area contributed by atoms with Gasteiger partial charge in [-0.2, -0.15) is 0 Å². The molecule has 0 spiro atoms. The lowest BCUT2D eigenvalue weighted by molar-refractivity contribution is 0.632. The summed E-state index contributed by atoms with van der Waals surface area (Å²) < 4.78 is 15.7. The minimum absolute atomic E-state index is 0.337. The Bertz CT molecular complexity index is 859. The van der Waals surface area contributed by atoms with Gasteiger partial charge in [0.2, 0.25) is 0 Å². The Morgan fingerprint density at radius 1 is 1.17 bits per heavy atom. The minimum atomic E-state index is -0.337. The van der Waals surface area contributed by atoms with Gasteiger partial charge in [0.15, 0.2) is 5.11 Å². The summed E-state index contributed by atoms with van der Waals surface area (Å²) in [6.45, 7) is 2.47. The quantitative estimate of drug-likeness (QED) is 0.709. The number of hydrogen-bond acceptors (Lipinski definition) is 2. The first kappa shape index (κ1) is 16.1. The van der Waals surface area contributed by atoms with E-state index in [-0.39, 0.29) is 5.82 Å². The molecule has 0 amide bonds. The van der Waals surface area contributed by atoms with Crippen LogP contribution in [0.5, 0.6) is 0 Å². The number of anilines is 1. The molecule has 0 unspecified atom stereocenters. The molecule has 0 aliphatic carbocycles. The second kappa shape index (κ2) is 7.23. The normalized spacial score (nSPS) is 10.4. The minimum Gasteiger partial charge on any atom is -0.358 e. The Morgan fingerprint density at radius 2 is 1.92 bits per heavy atom. The zero-order valence-corrected chi connectivity index (χ0v) is 14.0. The summed E-state index contributed by atoms with van der Waals surface area (Å²) in [5.41, 5.74) is 2.46. The predicted octanol–water partition coefficient (Wildman–Crippen LogP) is 3.81. The molecule has 0 saturated heterocycles. The van der Waals surface area contributed by atoms with Gasteiger partial charge in [0, 0.05) is 18.9 Å². The molecule has 0 fully saturated rings. The molecular weight excluding hydrogens is 323 g/mol. The molecule has 2 aromatic carbocycles. The number of benzene rings is 2. The van der Waals surface area contributed by atoms with Gasteiger partial charge >= 0.3 is 0 Å². The van der Waals surface area contributed by atoms with Gasteiger partial charge in [-0.15, -0.1) is 0 Å². The van der Waals surface area contributed by atoms with Gasteiger partial charge in [0.25, 0.3) is 0 Å². The Kier molecular flexibility index (Phi) is 4.86. The fourth-order valence-electron chi connectivity index (χ4n) is 2.43. The van der Waals surface area contributed by atoms with E-state index < -0.39 is 0 Å². The number of imidazole rings is 1. The van der Waals surface area contributed by atoms with Crippen molar-refractivity contribution >= 4 is 23.0 Å². The fourth-order valence-corrected chi connectivity index (χ4v) is 2.61. The average Bonchev–Trinajstić information content (AvgIpc) is 3.01. The lowest BCUT2D eigenvalue weighted by Crippen LogP contribution is -2.28. The molecule has 24 heavy (non-hydrogen) atoms. The van der Waals surface area contributed by atoms with Crippen molar-refractivity contribution in [2.75, 3.05) is 5.32 Å². The largest absolute Gasteiger partial charge is 0.358 e. The third-order valence-corrected chi connectivity index (χ3v) is 3.88. The molecule has 1 heterocycles. The van der Waals surface area contributed by atoms with Crippen molar-refractivity contribution in [1.82, 2.24) is 14.9 Å². The molecule has 2 N–H and O–H groups in total. The first-order valence-corrected chi connectivity index (χ1v) is 7.93. The Labute approximate surface area is 145 Å². The second-order valence-electron chi connectivity index (χ2n) is 5.26. The monoisotopic (exact) mass is 340 g/mol. The van der Waals surface area contributed by atoms with E-state index in [0.29, 0.717) is 17.3 Å². The maximum absolute atomic E-state index is 13.6. The number of aromatic nitrogens is 2. The molecule has 4 nitrogen and oxygen atoms in total. The van der Waals surface area contributed by atoms with Crippen LogP contribution in [0.2, 0.25) is 0 Å². The van der Waals surface area contributed by atoms with Gasteiger partial charge in [0.05, 0.1) is 11.4 Å². The Morgan fingerprint density at radius 3 is 2.67 bits per heavy atom. The highest BCUT2D eigenvalue weighted by molar-refractivity contribution is 7.80. The van der Waals surface area contributed by atoms with E-state index in [4.69, 9.17) is 12.2 Å². The van der Waals surface area contributed by atoms with Gasteiger partial charge < -0.3 is 15.2 Å². The highest BCUT2D eigenvalue weighted by Crippen LogP contribution is 2.16. The summed E-state index contributed by atoms with van der Waals surface area (Å²) in [6.07, 6.45) is 3.69. The van der Waals surface area contributed by atoms with Crippen LogP contribution in [-0.2, 0) is 6.54 Å². The van der Waals surface area contributed by atoms with E-state index in [2.05, 4.69) is 15.6 Å². The van der Waals surface area contributed by atoms with E-state index in [1.807, 2.05) is 42.0 Å². The molecule has 3 rings (SSSR count). The molecule has 1 aromatic heterocycles. The standard InChI is InChI=1S/C18H17FN4S/c1-13-20-10-11-23(13)17-9-5-2-6-14(17)12-21-18(24)22-16-8-4-3-7-15(16)19/h2-11H,12H2,1H3,(H2,21,22,24). The molecule has 122 valence electrons. The molecule has 0 radical (unpaired) electrons. The highest BCUT2D eigenvalue weighted by Gasteiger charge is 2.08. The van der Waals surface area contributed by atoms with Crippen molar-refractivity contribution in [1.29, 1.82) is 0 Å². The van der Waals surface area contributed by atoms with Crippen molar-refractivity contribution in [2.24, 2.45) is 0 Å². The van der Waals surface area contributed by atoms with Crippen LogP contribution in [0.15, 0.2) is 60.9 Å². The van der Waals surface area contributed by atoms with E-state index in [0.717, 1.165) is 17.1 Å². The highest BCUT2D eigenvalue weighted by atomic mass is 32.1. The molecule has 6 heteroatoms. The number of nitrogens with zero attached hydrogens (tertiary/aromatic N) is 2. The molecule has 0 aliphatic rings. The van der Waals surface area contributed by atoms with Crippen LogP contribution in [0, 0.1) is 12.7 Å². The summed E-state index contributed by atoms with van der Waals surface area (Å²) in [4.78, 5) is 4.26. The molecule has 0 bridgehead atoms. The van der Waals surface area contributed by atoms with Crippen LogP contribution in [-0.4, -0.2) is 14.7 Å². The van der Waals surface area contributed by atoms with Gasteiger partial charge in [0.1, 0.15) is 11.6 Å². The van der Waals surface area contributed by atoms with Gasteiger partial charge in [-0.05, 0) is 42.9 Å². The van der Waals surface area contributed by atoms with Crippen LogP contribution >= 0.6 is 12.2 Å². The number of halogens is 1. The van der Waals surface area contributed by atoms with Crippen molar-refractivity contribution in [3.05, 3.63) is 78.1 Å². The number of rotatable bonds is 4. The number of nitrogens with one attached hydrogen (secondary N) is 2. The third kappa shape index (κ3) is 3.60. The molecule has 0 aliphatic heterocycles. The summed E-state index contributed by atoms with van der Waals surface area (Å²) in [6, 6.07) is 14.4. The maximum Gasteiger partial charge on any atom is 0.171 e. The zero-order valence-electron chi connectivity index (χ0n) is 13.2. The fraction of sp³-hybridized carbons (Fsp3) is 0.111. The number of hydrogen-bond donors (Lipinski definition) is 2. The van der Waals surface area contributed by atoms with Crippen molar-refractivity contribution in [3.63, 3.8) is 0 Å². The number of aryl methyl sites for hydroxylation is 1. The molecule has 3 aromatic rings. The predicted molar refractivity (Wildman–Crippen MR) is 97.8 cm³/mol. The first-order valence-electron chi connectivity index (χ1n) is 7.53. The Hall–Kier alpha value is -2.73. The number of thiocarbonyl (C=S) groups is 1. The van der Waals surface area contributed by atoms with E-state index in [1.54, 1.807) is 24.4 Å². The first-order chi connectivity index (χ1) is 11.6. The van der Waals surface area contributed by atoms with E-state index in [9.17, 15) is 4.39 Å². The number of para-hydroxylation sites is 2. The maximum atomic E-state index is 13.6. The van der Waals surface area contributed by atoms with Crippen LogP contribution in [0.25, 0.3) is 5.69 Å². The smallest absolute Gasteiger partial charge is 0.171 e. The SMILES string of the molecule is Cc1nccn1-c1ccccc1CNC(=S)Nc1ccccc1F. The van der Waals surface area contributed by atoms with Gasteiger partial charge in [-0.25, -0.2) is 9.37 Å². The topological polar surface area (TPSA) is 41.9 Å². The van der Waals surface area contributed by atoms with Crippen LogP contribution < -0.4 is 10.6 Å². The van der Waals surface area contributed by atoms with E-state index in [1.165, 1.54) is 6.07 Å². The summed E-state index contributed by atoms with van der Waals surface area (Å²) in [7, 11) is 0. The van der Waals surface area contributed by atoms with Gasteiger partial charge in [-0.3, -0.25) is 0 Å². The van der Waals surface area contributed by atoms with Gasteiger partial charge in [-0.1, -0.05) is 30.3 Å². The van der Waals surface area contributed by atoms with Crippen molar-refractivity contribution in [3.8, 4) is 5.69 Å². The van der Waals surface area contributed by atoms with Crippen molar-refractivity contribution < 1.29 is 4.39 Å². The lowest BCUT2D eigenvalue weighted by atomic mass is 10.1. The molecular formula is C18H17FN4S. The third-order valence-electron chi connectivity index (χ3n) is 3.64. The van der Waals surface area contributed by atoms with Crippen LogP contribution in [0.4, 0.5) is 10.1 Å². The summed E-state index contributed by atoms with van der Waals surface area (Å²) in [5.74, 6) is 0.575. The molecule has 0 atom stereocenters. The average molecular weight is 340 g/mol. The van der Waals surface area contributed by atoms with Crippen LogP contribution in [0.1, 0.15) is 11.4 Å². The zero-order chi connectivity index (χ0) is 16.9. The van der Waals surface area contributed by atoms with Crippen LogP contribution in [0.3, 0.4) is 0 Å². The summed E-state index contributed by atoms with van der Waals surface area (Å²) >= 11 is 5.26. The summed E-state index contributed by atoms with van der Waals surface area (Å²) in [5, 5.41) is 6.36. The lowest BCUT2D eigenvalue weighted by Gasteiger charge is -2.15. The Balaban J connectivity index is 1.70. The molecule has 0 saturated carbocycles. The van der Waals surface area contributed by atoms with Crippen molar-refractivity contribution in [2.45, 2.75) is 13.5 Å².